The summed E-state index contributed by atoms with van der Waals surface area (Å²) in [5, 5.41) is 4.80. The van der Waals surface area contributed by atoms with Crippen molar-refractivity contribution in [1.82, 2.24) is 0 Å². The summed E-state index contributed by atoms with van der Waals surface area (Å²) in [6.07, 6.45) is 4.84. The Labute approximate surface area is 221 Å². The average Bonchev–Trinajstić information content (AvgIpc) is 3.00. The van der Waals surface area contributed by atoms with E-state index in [0.717, 1.165) is 6.42 Å². The summed E-state index contributed by atoms with van der Waals surface area (Å²) in [6, 6.07) is 14.5. The van der Waals surface area contributed by atoms with E-state index in [2.05, 4.69) is 111 Å². The van der Waals surface area contributed by atoms with Crippen molar-refractivity contribution < 1.29 is 57.7 Å². The Hall–Kier alpha value is -0.279. The van der Waals surface area contributed by atoms with Gasteiger partial charge in [-0.2, -0.15) is 0 Å². The molecule has 0 heterocycles. The summed E-state index contributed by atoms with van der Waals surface area (Å²) in [4.78, 5) is 0. The molecule has 3 rings (SSSR count). The molecule has 1 aliphatic rings. The summed E-state index contributed by atoms with van der Waals surface area (Å²) < 4.78 is 1.59. The van der Waals surface area contributed by atoms with Crippen LogP contribution in [-0.4, -0.2) is 8.07 Å². The maximum atomic E-state index is 2.59. The van der Waals surface area contributed by atoms with Gasteiger partial charge < -0.3 is 37.2 Å². The second-order valence-corrected chi connectivity index (χ2v) is 13.8. The van der Waals surface area contributed by atoms with Crippen molar-refractivity contribution in [2.75, 3.05) is 0 Å². The van der Waals surface area contributed by atoms with Gasteiger partial charge in [-0.15, -0.1) is 0 Å². The van der Waals surface area contributed by atoms with E-state index in [1.54, 1.807) is 25.0 Å². The van der Waals surface area contributed by atoms with Crippen LogP contribution in [0.25, 0.3) is 0 Å². The second kappa shape index (κ2) is 12.3. The average molecular weight is 528 g/mol. The predicted molar refractivity (Wildman–Crippen MR) is 122 cm³/mol. The molecule has 2 aromatic carbocycles. The summed E-state index contributed by atoms with van der Waals surface area (Å²) >= 11 is 2.37. The monoisotopic (exact) mass is 526 g/mol. The number of rotatable bonds is 5. The maximum absolute atomic E-state index is 2.59. The van der Waals surface area contributed by atoms with E-state index in [0.29, 0.717) is 5.92 Å². The molecule has 0 radical (unpaired) electrons. The van der Waals surface area contributed by atoms with Gasteiger partial charge in [0.25, 0.3) is 0 Å². The summed E-state index contributed by atoms with van der Waals surface area (Å²) in [5.41, 5.74) is 7.13. The fraction of sp³-hybridized carbons (Fsp3) is 0.385. The smallest absolute Gasteiger partial charge is 1.00 e. The third-order valence-corrected chi connectivity index (χ3v) is 11.9. The van der Waals surface area contributed by atoms with Crippen molar-refractivity contribution >= 4 is 18.4 Å². The van der Waals surface area contributed by atoms with E-state index in [1.165, 1.54) is 28.7 Å². The fourth-order valence-corrected chi connectivity index (χ4v) is 11.0. The zero-order valence-electron chi connectivity index (χ0n) is 19.7. The van der Waals surface area contributed by atoms with E-state index < -0.39 is 8.07 Å². The van der Waals surface area contributed by atoms with Gasteiger partial charge in [0, 0.05) is 0 Å². The van der Waals surface area contributed by atoms with E-state index >= 15 is 0 Å². The molecule has 1 atom stereocenters. The number of aryl methyl sites for hydroxylation is 4. The van der Waals surface area contributed by atoms with Crippen LogP contribution in [0.5, 0.6) is 0 Å². The van der Waals surface area contributed by atoms with Gasteiger partial charge in [0.2, 0.25) is 0 Å². The van der Waals surface area contributed by atoms with Gasteiger partial charge >= 0.3 is 185 Å². The van der Waals surface area contributed by atoms with Crippen LogP contribution in [0, 0.1) is 33.6 Å². The van der Waals surface area contributed by atoms with Gasteiger partial charge in [-0.3, -0.25) is 0 Å². The molecule has 166 valence electrons. The molecule has 0 saturated carbocycles. The largest absolute Gasteiger partial charge is 1.00 e. The number of benzene rings is 2. The Morgan fingerprint density at radius 1 is 0.806 bits per heavy atom. The number of halogens is 3. The van der Waals surface area contributed by atoms with Crippen LogP contribution in [0.1, 0.15) is 48.9 Å². The van der Waals surface area contributed by atoms with Crippen molar-refractivity contribution in [2.45, 2.75) is 60.9 Å². The van der Waals surface area contributed by atoms with Gasteiger partial charge in [-0.1, -0.05) is 0 Å². The van der Waals surface area contributed by atoms with Crippen molar-refractivity contribution in [2.24, 2.45) is 5.92 Å². The van der Waals surface area contributed by atoms with E-state index in [-0.39, 0.29) is 37.2 Å². The number of hydrogen-bond donors (Lipinski definition) is 0. The minimum Gasteiger partial charge on any atom is -1.00 e. The van der Waals surface area contributed by atoms with E-state index in [1.807, 2.05) is 0 Å². The normalized spacial score (nSPS) is 14.3. The minimum atomic E-state index is -2.09. The molecular formula is C26H33Cl3SiTi. The standard InChI is InChI=1S/C26H33Si.3ClH.Ti/c1-8-22(6)25-10-9-11-26(25)27(7,23-14-18(2)12-19(3)15-23)24-16-20(4)13-21(5)17-24;;;;/h10,12-17,22H,8-9H2,1-7H3;3*1H;/q;;;;+3/p-3. The first kappa shape index (κ1) is 30.7. The summed E-state index contributed by atoms with van der Waals surface area (Å²) in [6.45, 7) is 16.3. The Bertz CT molecular complexity index is 887. The third kappa shape index (κ3) is 6.19. The van der Waals surface area contributed by atoms with E-state index in [4.69, 9.17) is 0 Å². The molecule has 0 amide bonds. The number of allylic oxidation sites excluding steroid dienone is 4. The zero-order valence-corrected chi connectivity index (χ0v) is 24.5. The van der Waals surface area contributed by atoms with Crippen LogP contribution in [-0.2, 0) is 20.4 Å². The first-order chi connectivity index (χ1) is 13.2. The topological polar surface area (TPSA) is 0 Å². The third-order valence-electron chi connectivity index (χ3n) is 6.36. The minimum absolute atomic E-state index is 0. The van der Waals surface area contributed by atoms with Gasteiger partial charge in [0.1, 0.15) is 0 Å². The van der Waals surface area contributed by atoms with Crippen molar-refractivity contribution in [1.29, 1.82) is 0 Å². The van der Waals surface area contributed by atoms with Crippen molar-refractivity contribution in [3.05, 3.63) is 79.4 Å². The molecule has 0 spiro atoms. The molecule has 0 saturated heterocycles. The molecule has 0 bridgehead atoms. The van der Waals surface area contributed by atoms with Crippen LogP contribution in [0.3, 0.4) is 0 Å². The SMILES string of the molecule is CCC(C)C1=CC[C]([Ti+3])=C1[Si](C)(c1cc(C)cc(C)c1)c1cc(C)cc(C)c1.[Cl-].[Cl-].[Cl-]. The van der Waals surface area contributed by atoms with Crippen molar-refractivity contribution in [3.63, 3.8) is 0 Å². The van der Waals surface area contributed by atoms with Crippen LogP contribution in [0.15, 0.2) is 57.1 Å². The van der Waals surface area contributed by atoms with Crippen LogP contribution < -0.4 is 47.6 Å². The Morgan fingerprint density at radius 3 is 1.55 bits per heavy atom. The number of hydrogen-bond acceptors (Lipinski definition) is 0. The molecule has 0 aliphatic heterocycles. The van der Waals surface area contributed by atoms with Crippen LogP contribution in [0.4, 0.5) is 0 Å². The van der Waals surface area contributed by atoms with Crippen molar-refractivity contribution in [3.8, 4) is 0 Å². The van der Waals surface area contributed by atoms with Crippen LogP contribution in [0.2, 0.25) is 6.55 Å². The predicted octanol–water partition coefficient (Wildman–Crippen LogP) is -3.16. The zero-order chi connectivity index (χ0) is 20.6. The molecule has 2 aromatic rings. The van der Waals surface area contributed by atoms with E-state index in [9.17, 15) is 0 Å². The Morgan fingerprint density at radius 2 is 1.19 bits per heavy atom. The quantitative estimate of drug-likeness (QED) is 0.361. The van der Waals surface area contributed by atoms with Gasteiger partial charge in [0.15, 0.2) is 0 Å². The molecular weight excluding hydrogens is 495 g/mol. The first-order valence-corrected chi connectivity index (χ1v) is 13.8. The molecule has 31 heavy (non-hydrogen) atoms. The summed E-state index contributed by atoms with van der Waals surface area (Å²) in [7, 11) is -2.09. The fourth-order valence-electron chi connectivity index (χ4n) is 4.83. The Balaban J connectivity index is 0.00000300. The first-order valence-electron chi connectivity index (χ1n) is 10.5. The van der Waals surface area contributed by atoms with Crippen LogP contribution >= 0.6 is 0 Å². The van der Waals surface area contributed by atoms with Gasteiger partial charge in [-0.05, 0) is 0 Å². The Kier molecular flexibility index (Phi) is 12.1. The molecule has 0 N–H and O–H groups in total. The van der Waals surface area contributed by atoms with Gasteiger partial charge in [-0.25, -0.2) is 0 Å². The molecule has 0 aromatic heterocycles. The second-order valence-electron chi connectivity index (χ2n) is 8.90. The molecule has 5 heteroatoms. The molecule has 1 aliphatic carbocycles. The molecule has 0 fully saturated rings. The maximum Gasteiger partial charge on any atom is -1.00 e. The van der Waals surface area contributed by atoms with Gasteiger partial charge in [0.05, 0.1) is 0 Å². The summed E-state index contributed by atoms with van der Waals surface area (Å²) in [5.74, 6) is 0.621. The molecule has 0 nitrogen and oxygen atoms in total. The molecule has 1 unspecified atom stereocenters.